The van der Waals surface area contributed by atoms with E-state index in [0.717, 1.165) is 43.8 Å². The predicted molar refractivity (Wildman–Crippen MR) is 174 cm³/mol. The average molecular weight is 655 g/mol. The molecule has 0 radical (unpaired) electrons. The number of aliphatic hydroxyl groups is 1. The van der Waals surface area contributed by atoms with Crippen molar-refractivity contribution < 1.29 is 14.0 Å². The van der Waals surface area contributed by atoms with E-state index in [2.05, 4.69) is 111 Å². The minimum absolute atomic E-state index is 0.165. The molecule has 0 aromatic rings. The molecule has 0 fully saturated rings. The van der Waals surface area contributed by atoms with E-state index in [-0.39, 0.29) is 29.3 Å². The Morgan fingerprint density at radius 3 is 1.81 bits per heavy atom. The van der Waals surface area contributed by atoms with Crippen LogP contribution in [0.2, 0.25) is 36.3 Å². The lowest BCUT2D eigenvalue weighted by molar-refractivity contribution is 0.0315. The fraction of sp³-hybridized carbons (Fsp3) is 0.933. The number of rotatable bonds is 18. The molecule has 36 heavy (non-hydrogen) atoms. The van der Waals surface area contributed by atoms with Crippen LogP contribution in [0.15, 0.2) is 9.66 Å². The van der Waals surface area contributed by atoms with Gasteiger partial charge in [0.25, 0.3) is 0 Å². The van der Waals surface area contributed by atoms with Crippen molar-refractivity contribution in [2.24, 2.45) is 17.8 Å². The third kappa shape index (κ3) is 12.8. The lowest BCUT2D eigenvalue weighted by Gasteiger charge is -2.39. The highest BCUT2D eigenvalue weighted by molar-refractivity contribution is 14.1. The highest BCUT2D eigenvalue weighted by atomic mass is 127. The van der Waals surface area contributed by atoms with Gasteiger partial charge in [0.2, 0.25) is 0 Å². The van der Waals surface area contributed by atoms with Crippen molar-refractivity contribution in [3.63, 3.8) is 0 Å². The molecule has 3 nitrogen and oxygen atoms in total. The number of aliphatic hydroxyl groups excluding tert-OH is 1. The number of halogens is 1. The maximum atomic E-state index is 10.4. The maximum absolute atomic E-state index is 10.4. The van der Waals surface area contributed by atoms with Crippen LogP contribution >= 0.6 is 22.6 Å². The Morgan fingerprint density at radius 2 is 1.39 bits per heavy atom. The summed E-state index contributed by atoms with van der Waals surface area (Å²) in [5.74, 6) is 1.42. The quantitative estimate of drug-likeness (QED) is 0.118. The lowest BCUT2D eigenvalue weighted by Crippen LogP contribution is -2.44. The molecule has 0 saturated heterocycles. The van der Waals surface area contributed by atoms with E-state index in [0.29, 0.717) is 11.8 Å². The van der Waals surface area contributed by atoms with Gasteiger partial charge in [-0.3, -0.25) is 0 Å². The molecular weight excluding hydrogens is 591 g/mol. The van der Waals surface area contributed by atoms with Gasteiger partial charge in [-0.25, -0.2) is 0 Å². The van der Waals surface area contributed by atoms with E-state index in [1.807, 2.05) is 6.92 Å². The van der Waals surface area contributed by atoms with Gasteiger partial charge in [0.05, 0.1) is 18.3 Å². The van der Waals surface area contributed by atoms with E-state index in [4.69, 9.17) is 8.85 Å². The molecule has 0 bridgehead atoms. The van der Waals surface area contributed by atoms with Crippen LogP contribution in [0.3, 0.4) is 0 Å². The van der Waals surface area contributed by atoms with Crippen LogP contribution in [0.4, 0.5) is 0 Å². The summed E-state index contributed by atoms with van der Waals surface area (Å²) in [6.07, 6.45) is 8.00. The van der Waals surface area contributed by atoms with Crippen LogP contribution in [0.25, 0.3) is 0 Å². The molecule has 0 spiro atoms. The van der Waals surface area contributed by atoms with E-state index in [9.17, 15) is 5.11 Å². The minimum Gasteiger partial charge on any atom is -0.414 e. The Balaban J connectivity index is 5.30. The Morgan fingerprint density at radius 1 is 0.861 bits per heavy atom. The van der Waals surface area contributed by atoms with Gasteiger partial charge in [-0.1, -0.05) is 69.2 Å². The van der Waals surface area contributed by atoms with Gasteiger partial charge in [-0.15, -0.1) is 0 Å². The summed E-state index contributed by atoms with van der Waals surface area (Å²) in [5, 5.41) is 10.6. The van der Waals surface area contributed by atoms with Crippen LogP contribution in [-0.2, 0) is 8.85 Å². The molecule has 0 rings (SSSR count). The highest BCUT2D eigenvalue weighted by Gasteiger charge is 2.39. The van der Waals surface area contributed by atoms with Gasteiger partial charge in [0.15, 0.2) is 16.6 Å². The fourth-order valence-corrected chi connectivity index (χ4v) is 9.48. The second-order valence-corrected chi connectivity index (χ2v) is 24.0. The molecule has 216 valence electrons. The lowest BCUT2D eigenvalue weighted by atomic mass is 9.87. The Hall–Kier alpha value is 0.784. The van der Waals surface area contributed by atoms with E-state index >= 15 is 0 Å². The first kappa shape index (κ1) is 36.8. The third-order valence-electron chi connectivity index (χ3n) is 9.02. The van der Waals surface area contributed by atoms with Crippen molar-refractivity contribution in [1.82, 2.24) is 0 Å². The largest absolute Gasteiger partial charge is 0.414 e. The van der Waals surface area contributed by atoms with Crippen molar-refractivity contribution in [2.45, 2.75) is 163 Å². The van der Waals surface area contributed by atoms with E-state index < -0.39 is 16.6 Å². The first-order chi connectivity index (χ1) is 16.5. The zero-order valence-corrected chi connectivity index (χ0v) is 30.5. The molecule has 2 unspecified atom stereocenters. The molecule has 1 N–H and O–H groups in total. The van der Waals surface area contributed by atoms with Crippen molar-refractivity contribution in [3.8, 4) is 0 Å². The van der Waals surface area contributed by atoms with Crippen LogP contribution in [-0.4, -0.2) is 40.1 Å². The Labute approximate surface area is 242 Å². The summed E-state index contributed by atoms with van der Waals surface area (Å²) in [4.78, 5) is 0. The molecule has 6 atom stereocenters. The zero-order valence-electron chi connectivity index (χ0n) is 26.3. The third-order valence-corrected chi connectivity index (χ3v) is 19.3. The monoisotopic (exact) mass is 654 g/mol. The van der Waals surface area contributed by atoms with Gasteiger partial charge in [-0.2, -0.15) is 0 Å². The first-order valence-electron chi connectivity index (χ1n) is 14.9. The highest BCUT2D eigenvalue weighted by Crippen LogP contribution is 2.39. The van der Waals surface area contributed by atoms with Gasteiger partial charge in [0.1, 0.15) is 0 Å². The summed E-state index contributed by atoms with van der Waals surface area (Å²) in [6.45, 7) is 29.8. The molecule has 6 heteroatoms. The molecular formula is C30H63IO3Si2. The van der Waals surface area contributed by atoms with Gasteiger partial charge >= 0.3 is 0 Å². The average Bonchev–Trinajstić information content (AvgIpc) is 2.77. The molecule has 0 aliphatic heterocycles. The minimum atomic E-state index is -1.83. The van der Waals surface area contributed by atoms with Crippen LogP contribution in [0.5, 0.6) is 0 Å². The second-order valence-electron chi connectivity index (χ2n) is 13.1. The predicted octanol–water partition coefficient (Wildman–Crippen LogP) is 10.3. The Bertz CT molecular complexity index is 618. The second kappa shape index (κ2) is 16.8. The van der Waals surface area contributed by atoms with Crippen LogP contribution in [0, 0.1) is 17.8 Å². The van der Waals surface area contributed by atoms with Gasteiger partial charge in [-0.05, 0) is 119 Å². The standard InChI is InChI=1S/C30H63IO3Si2/c1-14-27(31)22-28(33-35(12,13)30(9,10)11)21-24(6)20-23(5)18-19-29(25(7)26(8)32)34-36(15-2,16-3)17-4/h22-26,28-29,32H,14-21H2,1-13H3/b27-22+/t23-,24+,25+,26?,28?,29-/m0/s1. The fourth-order valence-electron chi connectivity index (χ4n) is 4.83. The first-order valence-corrected chi connectivity index (χ1v) is 21.4. The molecule has 0 aromatic heterocycles. The van der Waals surface area contributed by atoms with E-state index in [1.165, 1.54) is 10.0 Å². The summed E-state index contributed by atoms with van der Waals surface area (Å²) < 4.78 is 15.2. The molecule has 0 heterocycles. The van der Waals surface area contributed by atoms with Gasteiger partial charge in [0, 0.05) is 5.92 Å². The molecule has 0 amide bonds. The van der Waals surface area contributed by atoms with Gasteiger partial charge < -0.3 is 14.0 Å². The summed E-state index contributed by atoms with van der Waals surface area (Å²) in [7, 11) is -3.53. The normalized spacial score (nSPS) is 19.0. The molecule has 0 saturated carbocycles. The van der Waals surface area contributed by atoms with Crippen molar-refractivity contribution in [1.29, 1.82) is 0 Å². The SMILES string of the molecule is CC/C(I)=C\C(C[C@H](C)C[C@@H](C)CC[C@H](O[Si](CC)(CC)CC)[C@H](C)C(C)O)O[Si](C)(C)C(C)(C)C. The smallest absolute Gasteiger partial charge is 0.192 e. The number of hydrogen-bond donors (Lipinski definition) is 1. The molecule has 0 aliphatic carbocycles. The topological polar surface area (TPSA) is 38.7 Å². The van der Waals surface area contributed by atoms with Crippen molar-refractivity contribution >= 4 is 39.2 Å². The number of hydrogen-bond acceptors (Lipinski definition) is 3. The van der Waals surface area contributed by atoms with Crippen LogP contribution < -0.4 is 0 Å². The van der Waals surface area contributed by atoms with Crippen molar-refractivity contribution in [2.75, 3.05) is 0 Å². The van der Waals surface area contributed by atoms with Crippen molar-refractivity contribution in [3.05, 3.63) is 9.66 Å². The maximum Gasteiger partial charge on any atom is 0.192 e. The number of allylic oxidation sites excluding steroid dienone is 1. The summed E-state index contributed by atoms with van der Waals surface area (Å²) in [5.41, 5.74) is 0. The van der Waals surface area contributed by atoms with E-state index in [1.54, 1.807) is 0 Å². The zero-order chi connectivity index (χ0) is 28.3. The molecule has 0 aromatic carbocycles. The molecule has 0 aliphatic rings. The summed E-state index contributed by atoms with van der Waals surface area (Å²) in [6, 6.07) is 3.49. The van der Waals surface area contributed by atoms with Crippen LogP contribution in [0.1, 0.15) is 108 Å². The summed E-state index contributed by atoms with van der Waals surface area (Å²) >= 11 is 2.48. The Kier molecular flexibility index (Phi) is 17.2.